The van der Waals surface area contributed by atoms with E-state index in [0.717, 1.165) is 57.9 Å². The molecular formula is C26H30N8O5. The van der Waals surface area contributed by atoms with E-state index in [0.29, 0.717) is 23.5 Å². The average Bonchev–Trinajstić information content (AvgIpc) is 2.95. The molecule has 2 saturated heterocycles. The van der Waals surface area contributed by atoms with E-state index in [4.69, 9.17) is 4.98 Å². The van der Waals surface area contributed by atoms with Crippen molar-refractivity contribution in [3.8, 4) is 11.5 Å². The van der Waals surface area contributed by atoms with Crippen LogP contribution in [0.5, 0.6) is 11.5 Å². The number of rotatable bonds is 7. The molecule has 0 spiro atoms. The summed E-state index contributed by atoms with van der Waals surface area (Å²) in [4.78, 5) is 41.3. The van der Waals surface area contributed by atoms with Crippen molar-refractivity contribution in [2.45, 2.75) is 38.5 Å². The van der Waals surface area contributed by atoms with Crippen LogP contribution in [-0.4, -0.2) is 62.2 Å². The SMILES string of the molecule is O=C(Nc1ccc(Nc2nc(N3CCCCC3)nc(N3CCCCC3)n2)c(O)c1)c1cccc([N+](=O)[O-])c1O. The van der Waals surface area contributed by atoms with Gasteiger partial charge in [0.15, 0.2) is 0 Å². The van der Waals surface area contributed by atoms with E-state index in [9.17, 15) is 25.1 Å². The van der Waals surface area contributed by atoms with Crippen LogP contribution >= 0.6 is 0 Å². The third-order valence-corrected chi connectivity index (χ3v) is 6.85. The zero-order chi connectivity index (χ0) is 27.4. The fourth-order valence-electron chi connectivity index (χ4n) is 4.78. The number of carbonyl (C=O) groups is 1. The van der Waals surface area contributed by atoms with E-state index < -0.39 is 22.3 Å². The summed E-state index contributed by atoms with van der Waals surface area (Å²) in [6.45, 7) is 3.51. The lowest BCUT2D eigenvalue weighted by Gasteiger charge is -2.30. The fourth-order valence-corrected chi connectivity index (χ4v) is 4.78. The van der Waals surface area contributed by atoms with Gasteiger partial charge >= 0.3 is 5.69 Å². The highest BCUT2D eigenvalue weighted by Gasteiger charge is 2.23. The quantitative estimate of drug-likeness (QED) is 0.195. The van der Waals surface area contributed by atoms with E-state index in [1.54, 1.807) is 12.1 Å². The molecule has 13 heteroatoms. The van der Waals surface area contributed by atoms with Gasteiger partial charge in [-0.15, -0.1) is 0 Å². The van der Waals surface area contributed by atoms with Gasteiger partial charge in [-0.3, -0.25) is 14.9 Å². The van der Waals surface area contributed by atoms with Crippen molar-refractivity contribution < 1.29 is 19.9 Å². The molecule has 3 heterocycles. The molecule has 2 aromatic carbocycles. The first kappa shape index (κ1) is 25.9. The summed E-state index contributed by atoms with van der Waals surface area (Å²) < 4.78 is 0. The van der Waals surface area contributed by atoms with Crippen LogP contribution in [0.1, 0.15) is 48.9 Å². The minimum atomic E-state index is -0.771. The first-order valence-corrected chi connectivity index (χ1v) is 13.0. The number of benzene rings is 2. The minimum Gasteiger partial charge on any atom is -0.506 e. The number of carbonyl (C=O) groups excluding carboxylic acids is 1. The molecule has 0 radical (unpaired) electrons. The Labute approximate surface area is 224 Å². The van der Waals surface area contributed by atoms with Crippen molar-refractivity contribution in [1.82, 2.24) is 15.0 Å². The van der Waals surface area contributed by atoms with Crippen LogP contribution in [0, 0.1) is 10.1 Å². The number of phenolic OH excluding ortho intramolecular Hbond substituents is 2. The van der Waals surface area contributed by atoms with Crippen molar-refractivity contribution in [1.29, 1.82) is 0 Å². The zero-order valence-electron chi connectivity index (χ0n) is 21.3. The Hall–Kier alpha value is -4.68. The first-order valence-electron chi connectivity index (χ1n) is 13.0. The summed E-state index contributed by atoms with van der Waals surface area (Å²) in [7, 11) is 0. The van der Waals surface area contributed by atoms with Crippen molar-refractivity contribution in [2.75, 3.05) is 46.6 Å². The zero-order valence-corrected chi connectivity index (χ0v) is 21.3. The minimum absolute atomic E-state index is 0.171. The number of hydrogen-bond acceptors (Lipinski definition) is 11. The summed E-state index contributed by atoms with van der Waals surface area (Å²) in [5, 5.41) is 37.5. The Morgan fingerprint density at radius 3 is 2.05 bits per heavy atom. The molecule has 1 amide bonds. The van der Waals surface area contributed by atoms with Crippen LogP contribution in [0.3, 0.4) is 0 Å². The Morgan fingerprint density at radius 2 is 1.49 bits per heavy atom. The van der Waals surface area contributed by atoms with Crippen LogP contribution in [0.15, 0.2) is 36.4 Å². The highest BCUT2D eigenvalue weighted by atomic mass is 16.6. The van der Waals surface area contributed by atoms with Crippen LogP contribution in [0.2, 0.25) is 0 Å². The Kier molecular flexibility index (Phi) is 7.57. The van der Waals surface area contributed by atoms with Crippen LogP contribution < -0.4 is 20.4 Å². The van der Waals surface area contributed by atoms with Crippen LogP contribution in [0.25, 0.3) is 0 Å². The van der Waals surface area contributed by atoms with E-state index in [-0.39, 0.29) is 17.0 Å². The number of nitrogens with zero attached hydrogens (tertiary/aromatic N) is 6. The fraction of sp³-hybridized carbons (Fsp3) is 0.385. The number of aromatic nitrogens is 3. The average molecular weight is 535 g/mol. The molecule has 0 saturated carbocycles. The highest BCUT2D eigenvalue weighted by Crippen LogP contribution is 2.32. The van der Waals surface area contributed by atoms with Gasteiger partial charge in [0, 0.05) is 44.0 Å². The number of amides is 1. The first-order chi connectivity index (χ1) is 18.9. The number of anilines is 5. The van der Waals surface area contributed by atoms with Gasteiger partial charge in [0.1, 0.15) is 5.75 Å². The number of hydrogen-bond donors (Lipinski definition) is 4. The molecule has 2 fully saturated rings. The van der Waals surface area contributed by atoms with Gasteiger partial charge in [-0.1, -0.05) is 6.07 Å². The van der Waals surface area contributed by atoms with Crippen LogP contribution in [0.4, 0.5) is 34.9 Å². The number of nitrogens with one attached hydrogen (secondary N) is 2. The number of aromatic hydroxyl groups is 2. The molecule has 0 aliphatic carbocycles. The summed E-state index contributed by atoms with van der Waals surface area (Å²) in [5.74, 6) is -0.145. The molecule has 204 valence electrons. The standard InChI is InChI=1S/C26H30N8O5/c35-21-16-17(27-23(37)18-8-7-9-20(22(18)36)34(38)39)10-11-19(21)28-24-29-25(32-12-3-1-4-13-32)31-26(30-24)33-14-5-2-6-15-33/h7-11,16,35-36H,1-6,12-15H2,(H,27,37)(H,28,29,30,31). The summed E-state index contributed by atoms with van der Waals surface area (Å²) >= 11 is 0. The van der Waals surface area contributed by atoms with Crippen molar-refractivity contribution in [3.63, 3.8) is 0 Å². The number of piperidine rings is 2. The third-order valence-electron chi connectivity index (χ3n) is 6.85. The molecular weight excluding hydrogens is 504 g/mol. The van der Waals surface area contributed by atoms with Gasteiger partial charge < -0.3 is 30.6 Å². The van der Waals surface area contributed by atoms with E-state index >= 15 is 0 Å². The lowest BCUT2D eigenvalue weighted by Crippen LogP contribution is -2.34. The van der Waals surface area contributed by atoms with Crippen LogP contribution in [-0.2, 0) is 0 Å². The highest BCUT2D eigenvalue weighted by molar-refractivity contribution is 6.07. The second kappa shape index (κ2) is 11.4. The smallest absolute Gasteiger partial charge is 0.311 e. The number of nitro benzene ring substituents is 1. The number of nitro groups is 1. The predicted octanol–water partition coefficient (Wildman–Crippen LogP) is 4.17. The van der Waals surface area contributed by atoms with Gasteiger partial charge in [-0.05, 0) is 56.7 Å². The molecule has 0 unspecified atom stereocenters. The summed E-state index contributed by atoms with van der Waals surface area (Å²) in [5.41, 5.74) is -0.277. The van der Waals surface area contributed by atoms with Gasteiger partial charge in [0.05, 0.1) is 16.2 Å². The molecule has 2 aliphatic rings. The molecule has 13 nitrogen and oxygen atoms in total. The van der Waals surface area contributed by atoms with Crippen molar-refractivity contribution >= 4 is 40.8 Å². The largest absolute Gasteiger partial charge is 0.506 e. The predicted molar refractivity (Wildman–Crippen MR) is 146 cm³/mol. The molecule has 4 N–H and O–H groups in total. The molecule has 3 aromatic rings. The van der Waals surface area contributed by atoms with Crippen molar-refractivity contribution in [3.05, 3.63) is 52.1 Å². The topological polar surface area (TPSA) is 170 Å². The second-order valence-electron chi connectivity index (χ2n) is 9.60. The van der Waals surface area contributed by atoms with E-state index in [1.165, 1.54) is 31.0 Å². The molecule has 1 aromatic heterocycles. The van der Waals surface area contributed by atoms with Gasteiger partial charge in [0.25, 0.3) is 5.91 Å². The molecule has 5 rings (SSSR count). The second-order valence-corrected chi connectivity index (χ2v) is 9.60. The third kappa shape index (κ3) is 5.92. The van der Waals surface area contributed by atoms with Crippen molar-refractivity contribution in [2.24, 2.45) is 0 Å². The van der Waals surface area contributed by atoms with Gasteiger partial charge in [0.2, 0.25) is 23.6 Å². The lowest BCUT2D eigenvalue weighted by molar-refractivity contribution is -0.385. The van der Waals surface area contributed by atoms with Gasteiger partial charge in [-0.2, -0.15) is 15.0 Å². The maximum atomic E-state index is 12.6. The number of para-hydroxylation sites is 1. The molecule has 0 atom stereocenters. The lowest BCUT2D eigenvalue weighted by atomic mass is 10.1. The summed E-state index contributed by atoms with van der Waals surface area (Å²) in [6, 6.07) is 8.12. The summed E-state index contributed by atoms with van der Waals surface area (Å²) in [6.07, 6.45) is 6.68. The van der Waals surface area contributed by atoms with Gasteiger partial charge in [-0.25, -0.2) is 0 Å². The van der Waals surface area contributed by atoms with E-state index in [1.807, 2.05) is 0 Å². The maximum Gasteiger partial charge on any atom is 0.311 e. The molecule has 39 heavy (non-hydrogen) atoms. The van der Waals surface area contributed by atoms with E-state index in [2.05, 4.69) is 30.4 Å². The Balaban J connectivity index is 1.36. The monoisotopic (exact) mass is 534 g/mol. The Morgan fingerprint density at radius 1 is 0.872 bits per heavy atom. The normalized spacial score (nSPS) is 15.6. The Bertz CT molecular complexity index is 1340. The molecule has 0 bridgehead atoms. The molecule has 2 aliphatic heterocycles. The maximum absolute atomic E-state index is 12.6. The number of phenols is 2.